The molecule has 2 amide bonds. The molecule has 13 heteroatoms. The predicted molar refractivity (Wildman–Crippen MR) is 145 cm³/mol. The summed E-state index contributed by atoms with van der Waals surface area (Å²) in [5.74, 6) is -0.186. The highest BCUT2D eigenvalue weighted by atomic mass is 79.9. The summed E-state index contributed by atoms with van der Waals surface area (Å²) in [4.78, 5) is 36.8. The highest BCUT2D eigenvalue weighted by Gasteiger charge is 2.34. The molecule has 10 nitrogen and oxygen atoms in total. The zero-order valence-electron chi connectivity index (χ0n) is 20.5. The van der Waals surface area contributed by atoms with Crippen LogP contribution < -0.4 is 5.32 Å². The molecule has 0 spiro atoms. The van der Waals surface area contributed by atoms with E-state index >= 15 is 4.39 Å². The van der Waals surface area contributed by atoms with Gasteiger partial charge >= 0.3 is 0 Å². The maximum Gasteiger partial charge on any atom is 0.261 e. The Hall–Kier alpha value is -3.97. The summed E-state index contributed by atoms with van der Waals surface area (Å²) < 4.78 is 23.1. The van der Waals surface area contributed by atoms with Crippen molar-refractivity contribution in [2.75, 3.05) is 13.1 Å². The van der Waals surface area contributed by atoms with Gasteiger partial charge in [-0.2, -0.15) is 0 Å². The minimum atomic E-state index is -0.515. The van der Waals surface area contributed by atoms with Crippen molar-refractivity contribution < 1.29 is 18.4 Å². The Morgan fingerprint density at radius 3 is 2.79 bits per heavy atom. The quantitative estimate of drug-likeness (QED) is 0.306. The van der Waals surface area contributed by atoms with Gasteiger partial charge in [0.05, 0.1) is 25.7 Å². The normalized spacial score (nSPS) is 17.5. The van der Waals surface area contributed by atoms with E-state index in [1.54, 1.807) is 17.0 Å². The third-order valence-electron chi connectivity index (χ3n) is 6.64. The second kappa shape index (κ2) is 10.3. The van der Waals surface area contributed by atoms with Crippen LogP contribution in [0.25, 0.3) is 34.0 Å². The summed E-state index contributed by atoms with van der Waals surface area (Å²) in [5, 5.41) is 10.8. The van der Waals surface area contributed by atoms with Crippen LogP contribution in [-0.4, -0.2) is 60.6 Å². The van der Waals surface area contributed by atoms with Gasteiger partial charge in [0.25, 0.3) is 5.91 Å². The zero-order valence-corrected chi connectivity index (χ0v) is 22.9. The summed E-state index contributed by atoms with van der Waals surface area (Å²) in [7, 11) is 0. The van der Waals surface area contributed by atoms with Crippen LogP contribution in [0.3, 0.4) is 0 Å². The largest absolute Gasteiger partial charge is 0.423 e. The van der Waals surface area contributed by atoms with Crippen LogP contribution in [0.2, 0.25) is 0 Å². The van der Waals surface area contributed by atoms with E-state index in [1.807, 2.05) is 22.8 Å². The average molecular weight is 610 g/mol. The number of hydrogen-bond acceptors (Lipinski definition) is 8. The zero-order chi connectivity index (χ0) is 27.1. The number of pyridine rings is 1. The van der Waals surface area contributed by atoms with E-state index in [1.165, 1.54) is 43.0 Å². The Labute approximate surface area is 234 Å². The Kier molecular flexibility index (Phi) is 6.69. The van der Waals surface area contributed by atoms with E-state index in [-0.39, 0.29) is 29.6 Å². The lowest BCUT2D eigenvalue weighted by molar-refractivity contribution is -0.130. The molecule has 1 aliphatic heterocycles. The lowest BCUT2D eigenvalue weighted by Crippen LogP contribution is -2.52. The molecule has 1 saturated heterocycles. The summed E-state index contributed by atoms with van der Waals surface area (Å²) >= 11 is 4.73. The van der Waals surface area contributed by atoms with Crippen molar-refractivity contribution in [1.29, 1.82) is 0 Å². The highest BCUT2D eigenvalue weighted by Crippen LogP contribution is 2.35. The van der Waals surface area contributed by atoms with Gasteiger partial charge in [-0.1, -0.05) is 0 Å². The molecule has 1 N–H and O–H groups in total. The fourth-order valence-corrected chi connectivity index (χ4v) is 6.22. The number of aromatic nitrogens is 5. The van der Waals surface area contributed by atoms with Gasteiger partial charge in [0.1, 0.15) is 5.69 Å². The van der Waals surface area contributed by atoms with Crippen LogP contribution in [0, 0.1) is 5.82 Å². The summed E-state index contributed by atoms with van der Waals surface area (Å²) in [6.07, 6.45) is 3.26. The number of benzene rings is 1. The van der Waals surface area contributed by atoms with Gasteiger partial charge in [0, 0.05) is 37.8 Å². The Bertz CT molecular complexity index is 1690. The molecule has 0 saturated carbocycles. The second-order valence-electron chi connectivity index (χ2n) is 9.17. The van der Waals surface area contributed by atoms with Crippen molar-refractivity contribution in [3.05, 3.63) is 69.5 Å². The first-order valence-corrected chi connectivity index (χ1v) is 13.7. The van der Waals surface area contributed by atoms with E-state index in [4.69, 9.17) is 9.40 Å². The lowest BCUT2D eigenvalue weighted by atomic mass is 9.99. The highest BCUT2D eigenvalue weighted by molar-refractivity contribution is 9.11. The van der Waals surface area contributed by atoms with Crippen LogP contribution in [0.15, 0.2) is 63.3 Å². The molecule has 1 aromatic carbocycles. The third kappa shape index (κ3) is 4.94. The molecule has 0 radical (unpaired) electrons. The topological polar surface area (TPSA) is 119 Å². The van der Waals surface area contributed by atoms with Gasteiger partial charge < -0.3 is 19.2 Å². The van der Waals surface area contributed by atoms with Crippen molar-refractivity contribution in [1.82, 2.24) is 34.9 Å². The SMILES string of the molecule is CC(=O)N1CC(NC(=O)c2ccc(Br)s2)CC(n2c(-c3ncccc3F)nc3cc(-c4nnco4)ccc32)C1. The number of fused-ring (bicyclic) bond motifs is 1. The first kappa shape index (κ1) is 25.3. The molecule has 1 fully saturated rings. The summed E-state index contributed by atoms with van der Waals surface area (Å²) in [6.45, 7) is 2.23. The molecular formula is C26H21BrFN7O3S. The predicted octanol–water partition coefficient (Wildman–Crippen LogP) is 4.70. The van der Waals surface area contributed by atoms with Crippen LogP contribution >= 0.6 is 27.3 Å². The standard InChI is InChI=1S/C26H21BrFN7O3S/c1-14(36)34-11-16(31-25(37)21-6-7-22(27)39-21)10-17(12-34)35-20-5-4-15(26-33-30-13-38-26)9-19(20)32-24(35)23-18(28)3-2-8-29-23/h2-9,13,16-17H,10-12H2,1H3,(H,31,37). The lowest BCUT2D eigenvalue weighted by Gasteiger charge is -2.38. The van der Waals surface area contributed by atoms with Crippen molar-refractivity contribution in [2.45, 2.75) is 25.4 Å². The third-order valence-corrected chi connectivity index (χ3v) is 8.26. The molecule has 198 valence electrons. The number of halogens is 2. The maximum atomic E-state index is 15.0. The number of thiophene rings is 1. The first-order valence-electron chi connectivity index (χ1n) is 12.1. The number of likely N-dealkylation sites (tertiary alicyclic amines) is 1. The number of rotatable bonds is 5. The number of amides is 2. The van der Waals surface area contributed by atoms with Crippen molar-refractivity contribution >= 4 is 50.1 Å². The van der Waals surface area contributed by atoms with E-state index in [0.29, 0.717) is 47.2 Å². The van der Waals surface area contributed by atoms with Crippen LogP contribution in [0.5, 0.6) is 0 Å². The summed E-state index contributed by atoms with van der Waals surface area (Å²) in [6, 6.07) is 11.2. The molecule has 2 unspecified atom stereocenters. The molecule has 2 atom stereocenters. The van der Waals surface area contributed by atoms with Crippen molar-refractivity contribution in [3.63, 3.8) is 0 Å². The molecule has 1 aliphatic rings. The van der Waals surface area contributed by atoms with Gasteiger partial charge in [-0.25, -0.2) is 14.4 Å². The average Bonchev–Trinajstić information content (AvgIpc) is 3.68. The second-order valence-corrected chi connectivity index (χ2v) is 11.6. The van der Waals surface area contributed by atoms with Crippen LogP contribution in [0.4, 0.5) is 4.39 Å². The van der Waals surface area contributed by atoms with E-state index in [9.17, 15) is 9.59 Å². The fraction of sp³-hybridized carbons (Fsp3) is 0.231. The van der Waals surface area contributed by atoms with E-state index in [2.05, 4.69) is 36.4 Å². The number of piperidine rings is 1. The number of hydrogen-bond donors (Lipinski definition) is 1. The van der Waals surface area contributed by atoms with Gasteiger partial charge in [-0.3, -0.25) is 9.59 Å². The van der Waals surface area contributed by atoms with Gasteiger partial charge in [-0.15, -0.1) is 21.5 Å². The Morgan fingerprint density at radius 2 is 2.08 bits per heavy atom. The molecule has 39 heavy (non-hydrogen) atoms. The van der Waals surface area contributed by atoms with Crippen LogP contribution in [0.1, 0.15) is 29.1 Å². The Morgan fingerprint density at radius 1 is 1.21 bits per heavy atom. The molecule has 6 rings (SSSR count). The monoisotopic (exact) mass is 609 g/mol. The fourth-order valence-electron chi connectivity index (χ4n) is 4.93. The number of carbonyl (C=O) groups is 2. The smallest absolute Gasteiger partial charge is 0.261 e. The molecular weight excluding hydrogens is 589 g/mol. The molecule has 5 heterocycles. The van der Waals surface area contributed by atoms with Gasteiger partial charge in [-0.05, 0) is 64.8 Å². The van der Waals surface area contributed by atoms with Crippen molar-refractivity contribution in [3.8, 4) is 23.0 Å². The van der Waals surface area contributed by atoms with E-state index < -0.39 is 5.82 Å². The van der Waals surface area contributed by atoms with Crippen LogP contribution in [-0.2, 0) is 4.79 Å². The molecule has 0 bridgehead atoms. The molecule has 4 aromatic heterocycles. The number of imidazole rings is 1. The van der Waals surface area contributed by atoms with Gasteiger partial charge in [0.15, 0.2) is 11.6 Å². The number of nitrogens with zero attached hydrogens (tertiary/aromatic N) is 6. The minimum absolute atomic E-state index is 0.0945. The minimum Gasteiger partial charge on any atom is -0.423 e. The molecule has 0 aliphatic carbocycles. The number of carbonyl (C=O) groups excluding carboxylic acids is 2. The molecule has 5 aromatic rings. The van der Waals surface area contributed by atoms with E-state index in [0.717, 1.165) is 9.30 Å². The maximum absolute atomic E-state index is 15.0. The Balaban J connectivity index is 1.43. The number of nitrogens with one attached hydrogen (secondary N) is 1. The van der Waals surface area contributed by atoms with Crippen molar-refractivity contribution in [2.24, 2.45) is 0 Å². The first-order chi connectivity index (χ1) is 18.9. The van der Waals surface area contributed by atoms with Gasteiger partial charge in [0.2, 0.25) is 18.2 Å². The summed E-state index contributed by atoms with van der Waals surface area (Å²) in [5.41, 5.74) is 2.06.